The fourth-order valence-electron chi connectivity index (χ4n) is 2.58. The lowest BCUT2D eigenvalue weighted by atomic mass is 10.4. The lowest BCUT2D eigenvalue weighted by Gasteiger charge is -2.25. The molecule has 0 unspecified atom stereocenters. The van der Waals surface area contributed by atoms with Crippen molar-refractivity contribution in [1.82, 2.24) is 8.61 Å². The molecule has 0 amide bonds. The molecule has 0 heterocycles. The van der Waals surface area contributed by atoms with E-state index in [1.807, 2.05) is 0 Å². The zero-order valence-electron chi connectivity index (χ0n) is 15.7. The lowest BCUT2D eigenvalue weighted by molar-refractivity contribution is -0.138. The SMILES string of the molecule is O=C(O)CN(CCN(CC(=O)O)S(=O)(=O)c1ccccc1)S(=O)(=O)c1ccccc1. The molecule has 0 bridgehead atoms. The van der Waals surface area contributed by atoms with Crippen LogP contribution in [-0.2, 0) is 29.6 Å². The van der Waals surface area contributed by atoms with Crippen molar-refractivity contribution >= 4 is 32.0 Å². The number of carbonyl (C=O) groups is 2. The molecule has 0 fully saturated rings. The van der Waals surface area contributed by atoms with Gasteiger partial charge in [0.05, 0.1) is 9.79 Å². The van der Waals surface area contributed by atoms with Gasteiger partial charge >= 0.3 is 11.9 Å². The Labute approximate surface area is 174 Å². The number of carboxylic acid groups (broad SMARTS) is 2. The summed E-state index contributed by atoms with van der Waals surface area (Å²) in [5, 5.41) is 18.2. The van der Waals surface area contributed by atoms with E-state index in [0.717, 1.165) is 0 Å². The van der Waals surface area contributed by atoms with Crippen molar-refractivity contribution in [3.05, 3.63) is 60.7 Å². The predicted molar refractivity (Wildman–Crippen MR) is 106 cm³/mol. The molecule has 0 aliphatic rings. The molecule has 2 aromatic rings. The molecule has 12 heteroatoms. The Balaban J connectivity index is 2.34. The van der Waals surface area contributed by atoms with E-state index in [1.54, 1.807) is 12.1 Å². The summed E-state index contributed by atoms with van der Waals surface area (Å²) in [5.74, 6) is -2.88. The molecule has 30 heavy (non-hydrogen) atoms. The first kappa shape index (κ1) is 23.5. The Hall–Kier alpha value is -2.80. The van der Waals surface area contributed by atoms with Gasteiger partial charge in [0, 0.05) is 13.1 Å². The van der Waals surface area contributed by atoms with Crippen LogP contribution in [-0.4, -0.2) is 73.8 Å². The molecule has 0 saturated heterocycles. The zero-order chi connectivity index (χ0) is 22.4. The molecule has 2 rings (SSSR count). The zero-order valence-corrected chi connectivity index (χ0v) is 17.3. The molecule has 0 atom stereocenters. The third-order valence-corrected chi connectivity index (χ3v) is 7.70. The van der Waals surface area contributed by atoms with Crippen LogP contribution in [0.15, 0.2) is 70.5 Å². The molecule has 162 valence electrons. The molecular formula is C18H20N2O8S2. The van der Waals surface area contributed by atoms with Crippen LogP contribution in [0.25, 0.3) is 0 Å². The summed E-state index contributed by atoms with van der Waals surface area (Å²) in [7, 11) is -8.49. The molecule has 0 aliphatic heterocycles. The maximum atomic E-state index is 12.8. The molecule has 0 radical (unpaired) electrons. The van der Waals surface area contributed by atoms with Gasteiger partial charge in [-0.15, -0.1) is 0 Å². The molecular weight excluding hydrogens is 436 g/mol. The van der Waals surface area contributed by atoms with E-state index in [1.165, 1.54) is 48.5 Å². The minimum atomic E-state index is -4.25. The highest BCUT2D eigenvalue weighted by Crippen LogP contribution is 2.18. The number of hydrogen-bond acceptors (Lipinski definition) is 6. The predicted octanol–water partition coefficient (Wildman–Crippen LogP) is 0.537. The van der Waals surface area contributed by atoms with Crippen LogP contribution in [0, 0.1) is 0 Å². The minimum absolute atomic E-state index is 0.165. The first-order valence-corrected chi connectivity index (χ1v) is 11.5. The summed E-state index contributed by atoms with van der Waals surface area (Å²) in [6.07, 6.45) is 0. The average molecular weight is 456 g/mol. The average Bonchev–Trinajstić information content (AvgIpc) is 2.70. The van der Waals surface area contributed by atoms with Crippen molar-refractivity contribution in [3.63, 3.8) is 0 Å². The Kier molecular flexibility index (Phi) is 7.67. The van der Waals surface area contributed by atoms with Crippen LogP contribution in [0.2, 0.25) is 0 Å². The second-order valence-corrected chi connectivity index (χ2v) is 9.97. The van der Waals surface area contributed by atoms with Gasteiger partial charge in [-0.05, 0) is 24.3 Å². The first-order chi connectivity index (χ1) is 14.0. The maximum Gasteiger partial charge on any atom is 0.318 e. The molecule has 10 nitrogen and oxygen atoms in total. The summed E-state index contributed by atoms with van der Waals surface area (Å²) in [4.78, 5) is 22.1. The van der Waals surface area contributed by atoms with Gasteiger partial charge in [-0.25, -0.2) is 16.8 Å². The fourth-order valence-corrected chi connectivity index (χ4v) is 5.38. The Morgan fingerprint density at radius 2 is 0.933 bits per heavy atom. The normalized spacial score (nSPS) is 12.2. The number of hydrogen-bond donors (Lipinski definition) is 2. The lowest BCUT2D eigenvalue weighted by Crippen LogP contribution is -2.44. The molecule has 0 saturated carbocycles. The Morgan fingerprint density at radius 1 is 0.633 bits per heavy atom. The number of carboxylic acids is 2. The van der Waals surface area contributed by atoms with Crippen molar-refractivity contribution in [2.45, 2.75) is 9.79 Å². The van der Waals surface area contributed by atoms with E-state index in [9.17, 15) is 26.4 Å². The van der Waals surface area contributed by atoms with Gasteiger partial charge in [-0.3, -0.25) is 9.59 Å². The summed E-state index contributed by atoms with van der Waals surface area (Å²) in [6.45, 7) is -2.93. The van der Waals surface area contributed by atoms with E-state index in [2.05, 4.69) is 0 Å². The summed E-state index contributed by atoms with van der Waals surface area (Å²) in [6, 6.07) is 14.1. The van der Waals surface area contributed by atoms with Crippen LogP contribution >= 0.6 is 0 Å². The van der Waals surface area contributed by atoms with Gasteiger partial charge in [0.1, 0.15) is 13.1 Å². The van der Waals surface area contributed by atoms with Gasteiger partial charge in [0.25, 0.3) is 0 Å². The van der Waals surface area contributed by atoms with Gasteiger partial charge in [0.15, 0.2) is 0 Å². The van der Waals surface area contributed by atoms with Crippen LogP contribution in [0.5, 0.6) is 0 Å². The van der Waals surface area contributed by atoms with Crippen LogP contribution in [0.1, 0.15) is 0 Å². The van der Waals surface area contributed by atoms with E-state index in [4.69, 9.17) is 10.2 Å². The van der Waals surface area contributed by atoms with Crippen LogP contribution < -0.4 is 0 Å². The quantitative estimate of drug-likeness (QED) is 0.497. The standard InChI is InChI=1S/C18H20N2O8S2/c21-17(22)13-19(29(25,26)15-7-3-1-4-8-15)11-12-20(14-18(23)24)30(27,28)16-9-5-2-6-10-16/h1-10H,11-14H2,(H,21,22)(H,23,24). The summed E-state index contributed by atoms with van der Waals surface area (Å²) < 4.78 is 52.4. The summed E-state index contributed by atoms with van der Waals surface area (Å²) in [5.41, 5.74) is 0. The Bertz CT molecular complexity index is 998. The van der Waals surface area contributed by atoms with Crippen molar-refractivity contribution < 1.29 is 36.6 Å². The highest BCUT2D eigenvalue weighted by atomic mass is 32.2. The minimum Gasteiger partial charge on any atom is -0.480 e. The monoisotopic (exact) mass is 456 g/mol. The number of sulfonamides is 2. The van der Waals surface area contributed by atoms with Gasteiger partial charge in [-0.2, -0.15) is 8.61 Å². The number of nitrogens with zero attached hydrogens (tertiary/aromatic N) is 2. The molecule has 0 aliphatic carbocycles. The molecule has 2 aromatic carbocycles. The smallest absolute Gasteiger partial charge is 0.318 e. The number of benzene rings is 2. The van der Waals surface area contributed by atoms with Crippen LogP contribution in [0.3, 0.4) is 0 Å². The summed E-state index contributed by atoms with van der Waals surface area (Å²) >= 11 is 0. The van der Waals surface area contributed by atoms with E-state index < -0.39 is 58.2 Å². The third kappa shape index (κ3) is 5.86. The van der Waals surface area contributed by atoms with Crippen molar-refractivity contribution in [3.8, 4) is 0 Å². The van der Waals surface area contributed by atoms with E-state index >= 15 is 0 Å². The van der Waals surface area contributed by atoms with Crippen molar-refractivity contribution in [2.75, 3.05) is 26.2 Å². The molecule has 2 N–H and O–H groups in total. The number of rotatable bonds is 11. The highest BCUT2D eigenvalue weighted by Gasteiger charge is 2.31. The third-order valence-electron chi connectivity index (χ3n) is 3.98. The fraction of sp³-hybridized carbons (Fsp3) is 0.222. The maximum absolute atomic E-state index is 12.8. The first-order valence-electron chi connectivity index (χ1n) is 8.59. The van der Waals surface area contributed by atoms with Crippen molar-refractivity contribution in [2.24, 2.45) is 0 Å². The topological polar surface area (TPSA) is 149 Å². The van der Waals surface area contributed by atoms with Crippen LogP contribution in [0.4, 0.5) is 0 Å². The van der Waals surface area contributed by atoms with E-state index in [0.29, 0.717) is 8.61 Å². The molecule has 0 aromatic heterocycles. The van der Waals surface area contributed by atoms with E-state index in [-0.39, 0.29) is 9.79 Å². The Morgan fingerprint density at radius 3 is 1.20 bits per heavy atom. The van der Waals surface area contributed by atoms with Gasteiger partial charge in [-0.1, -0.05) is 36.4 Å². The van der Waals surface area contributed by atoms with Crippen molar-refractivity contribution in [1.29, 1.82) is 0 Å². The largest absolute Gasteiger partial charge is 0.480 e. The highest BCUT2D eigenvalue weighted by molar-refractivity contribution is 7.89. The molecule has 0 spiro atoms. The second-order valence-electron chi connectivity index (χ2n) is 6.09. The van der Waals surface area contributed by atoms with Gasteiger partial charge < -0.3 is 10.2 Å². The second kappa shape index (κ2) is 9.80. The number of aliphatic carboxylic acids is 2. The van der Waals surface area contributed by atoms with Gasteiger partial charge in [0.2, 0.25) is 20.0 Å².